The fourth-order valence-corrected chi connectivity index (χ4v) is 1.26. The van der Waals surface area contributed by atoms with E-state index in [4.69, 9.17) is 0 Å². The van der Waals surface area contributed by atoms with E-state index in [1.54, 1.807) is 29.2 Å². The van der Waals surface area contributed by atoms with Gasteiger partial charge in [0, 0.05) is 24.3 Å². The summed E-state index contributed by atoms with van der Waals surface area (Å²) in [5.74, 6) is 0. The Morgan fingerprint density at radius 2 is 1.88 bits per heavy atom. The lowest BCUT2D eigenvalue weighted by Gasteiger charge is -2.12. The van der Waals surface area contributed by atoms with E-state index >= 15 is 0 Å². The van der Waals surface area contributed by atoms with Crippen molar-refractivity contribution in [3.8, 4) is 0 Å². The smallest absolute Gasteiger partial charge is 0.268 e. The van der Waals surface area contributed by atoms with Crippen molar-refractivity contribution in [3.63, 3.8) is 0 Å². The second-order valence-electron chi connectivity index (χ2n) is 3.13. The molecule has 5 nitrogen and oxygen atoms in total. The van der Waals surface area contributed by atoms with Gasteiger partial charge >= 0.3 is 0 Å². The summed E-state index contributed by atoms with van der Waals surface area (Å²) in [7, 11) is 0. The third kappa shape index (κ3) is 2.33. The van der Waals surface area contributed by atoms with Crippen LogP contribution in [0.5, 0.6) is 0 Å². The number of hydrogen-bond acceptors (Lipinski definition) is 2. The first-order valence-corrected chi connectivity index (χ1v) is 4.68. The van der Waals surface area contributed by atoms with Gasteiger partial charge in [0.25, 0.3) is 5.69 Å². The number of nitro benzene ring substituents is 1. The van der Waals surface area contributed by atoms with Crippen molar-refractivity contribution in [2.24, 2.45) is 0 Å². The lowest BCUT2D eigenvalue weighted by atomic mass is 10.3. The second-order valence-corrected chi connectivity index (χ2v) is 3.13. The summed E-state index contributed by atoms with van der Waals surface area (Å²) >= 11 is 0. The number of pyridine rings is 1. The monoisotopic (exact) mass is 215 g/mol. The molecule has 0 N–H and O–H groups in total. The molecular weight excluding hydrogens is 206 g/mol. The molecule has 0 atom stereocenters. The first-order valence-electron chi connectivity index (χ1n) is 4.68. The van der Waals surface area contributed by atoms with Gasteiger partial charge in [-0.05, 0) is 0 Å². The normalized spacial score (nSPS) is 9.75. The van der Waals surface area contributed by atoms with Crippen LogP contribution in [0.25, 0.3) is 5.43 Å². The lowest BCUT2D eigenvalue weighted by Crippen LogP contribution is -2.25. The molecule has 0 aliphatic carbocycles. The number of nitrogens with zero attached hydrogens (tertiary/aromatic N) is 3. The summed E-state index contributed by atoms with van der Waals surface area (Å²) in [5, 5.41) is 10.6. The van der Waals surface area contributed by atoms with E-state index in [0.29, 0.717) is 5.69 Å². The number of non-ortho nitro benzene ring substituents is 1. The minimum atomic E-state index is -0.436. The number of aromatic nitrogens is 1. The van der Waals surface area contributed by atoms with E-state index in [1.807, 2.05) is 18.2 Å². The molecule has 0 bridgehead atoms. The highest BCUT2D eigenvalue weighted by molar-refractivity contribution is 5.52. The van der Waals surface area contributed by atoms with Crippen molar-refractivity contribution in [2.75, 3.05) is 0 Å². The highest BCUT2D eigenvalue weighted by Crippen LogP contribution is 2.21. The Morgan fingerprint density at radius 3 is 2.56 bits per heavy atom. The molecule has 0 saturated carbocycles. The van der Waals surface area contributed by atoms with Gasteiger partial charge in [-0.15, -0.1) is 0 Å². The van der Waals surface area contributed by atoms with Crippen LogP contribution in [0.4, 0.5) is 11.4 Å². The average molecular weight is 215 g/mol. The molecular formula is C11H9N3O2. The zero-order valence-electron chi connectivity index (χ0n) is 8.35. The molecule has 80 valence electrons. The summed E-state index contributed by atoms with van der Waals surface area (Å²) in [6.07, 6.45) is 3.53. The number of benzene rings is 1. The fourth-order valence-electron chi connectivity index (χ4n) is 1.26. The summed E-state index contributed by atoms with van der Waals surface area (Å²) < 4.78 is 1.60. The van der Waals surface area contributed by atoms with E-state index in [0.717, 1.165) is 0 Å². The Morgan fingerprint density at radius 1 is 1.12 bits per heavy atom. The molecule has 0 fully saturated rings. The predicted molar refractivity (Wildman–Crippen MR) is 58.2 cm³/mol. The van der Waals surface area contributed by atoms with Gasteiger partial charge in [0.05, 0.1) is 4.92 Å². The standard InChI is InChI=1S/C11H9N3O2/c15-14(16)11-6-4-5-10(9-11)12-13-7-2-1-3-8-13/h1-9H. The molecule has 0 unspecified atom stereocenters. The second kappa shape index (κ2) is 4.39. The quantitative estimate of drug-likeness (QED) is 0.448. The first-order chi connectivity index (χ1) is 7.75. The predicted octanol–water partition coefficient (Wildman–Crippen LogP) is 2.35. The van der Waals surface area contributed by atoms with Gasteiger partial charge in [-0.2, -0.15) is 0 Å². The number of hydrogen-bond donors (Lipinski definition) is 0. The first kappa shape index (κ1) is 10.1. The Labute approximate surface area is 92.1 Å². The summed E-state index contributed by atoms with van der Waals surface area (Å²) in [6, 6.07) is 11.7. The van der Waals surface area contributed by atoms with Crippen LogP contribution >= 0.6 is 0 Å². The van der Waals surface area contributed by atoms with Gasteiger partial charge < -0.3 is 5.43 Å². The lowest BCUT2D eigenvalue weighted by molar-refractivity contribution is -0.619. The van der Waals surface area contributed by atoms with E-state index < -0.39 is 4.92 Å². The van der Waals surface area contributed by atoms with Crippen molar-refractivity contribution < 1.29 is 9.60 Å². The van der Waals surface area contributed by atoms with E-state index in [1.165, 1.54) is 12.1 Å². The summed E-state index contributed by atoms with van der Waals surface area (Å²) in [6.45, 7) is 0. The van der Waals surface area contributed by atoms with Crippen molar-refractivity contribution in [2.45, 2.75) is 0 Å². The molecule has 0 aliphatic heterocycles. The molecule has 1 aromatic carbocycles. The van der Waals surface area contributed by atoms with Gasteiger partial charge in [0.1, 0.15) is 0 Å². The minimum Gasteiger partial charge on any atom is -0.405 e. The van der Waals surface area contributed by atoms with Gasteiger partial charge in [-0.1, -0.05) is 23.9 Å². The maximum atomic E-state index is 10.6. The Hall–Kier alpha value is -2.43. The molecule has 5 heteroatoms. The average Bonchev–Trinajstić information content (AvgIpc) is 2.30. The van der Waals surface area contributed by atoms with Crippen LogP contribution in [0, 0.1) is 10.1 Å². The molecule has 1 aromatic heterocycles. The van der Waals surface area contributed by atoms with E-state index in [9.17, 15) is 10.1 Å². The third-order valence-corrected chi connectivity index (χ3v) is 1.97. The van der Waals surface area contributed by atoms with Crippen molar-refractivity contribution >= 4 is 11.4 Å². The van der Waals surface area contributed by atoms with Gasteiger partial charge in [-0.25, -0.2) is 4.68 Å². The van der Waals surface area contributed by atoms with Crippen LogP contribution in [0.15, 0.2) is 54.9 Å². The van der Waals surface area contributed by atoms with Crippen molar-refractivity contribution in [1.29, 1.82) is 0 Å². The Kier molecular flexibility index (Phi) is 2.77. The van der Waals surface area contributed by atoms with Crippen molar-refractivity contribution in [3.05, 3.63) is 70.4 Å². The summed E-state index contributed by atoms with van der Waals surface area (Å²) in [5.41, 5.74) is 4.78. The molecule has 0 amide bonds. The summed E-state index contributed by atoms with van der Waals surface area (Å²) in [4.78, 5) is 10.1. The van der Waals surface area contributed by atoms with Gasteiger partial charge in [0.2, 0.25) is 0 Å². The Bertz CT molecular complexity index is 500. The van der Waals surface area contributed by atoms with E-state index in [2.05, 4.69) is 5.43 Å². The maximum Gasteiger partial charge on any atom is 0.268 e. The Balaban J connectivity index is 2.22. The van der Waals surface area contributed by atoms with Gasteiger partial charge in [0.15, 0.2) is 12.4 Å². The third-order valence-electron chi connectivity index (χ3n) is 1.97. The molecule has 16 heavy (non-hydrogen) atoms. The number of nitro groups is 1. The molecule has 0 saturated heterocycles. The molecule has 0 radical (unpaired) electrons. The van der Waals surface area contributed by atoms with E-state index in [-0.39, 0.29) is 5.69 Å². The van der Waals surface area contributed by atoms with Crippen LogP contribution in [-0.4, -0.2) is 4.92 Å². The SMILES string of the molecule is O=[N+]([O-])c1cccc([N-][n+]2ccccc2)c1. The van der Waals surface area contributed by atoms with Crippen LogP contribution in [0.2, 0.25) is 0 Å². The van der Waals surface area contributed by atoms with Crippen LogP contribution < -0.4 is 4.68 Å². The maximum absolute atomic E-state index is 10.6. The molecule has 1 heterocycles. The minimum absolute atomic E-state index is 0.0396. The largest absolute Gasteiger partial charge is 0.405 e. The molecule has 2 aromatic rings. The van der Waals surface area contributed by atoms with Crippen LogP contribution in [-0.2, 0) is 0 Å². The molecule has 2 rings (SSSR count). The fraction of sp³-hybridized carbons (Fsp3) is 0. The number of rotatable bonds is 3. The zero-order valence-corrected chi connectivity index (χ0v) is 8.35. The van der Waals surface area contributed by atoms with Crippen molar-refractivity contribution in [1.82, 2.24) is 0 Å². The topological polar surface area (TPSA) is 61.1 Å². The molecule has 0 spiro atoms. The highest BCUT2D eigenvalue weighted by atomic mass is 16.6. The zero-order chi connectivity index (χ0) is 11.4. The van der Waals surface area contributed by atoms with Crippen LogP contribution in [0.3, 0.4) is 0 Å². The highest BCUT2D eigenvalue weighted by Gasteiger charge is 2.02. The molecule has 0 aliphatic rings. The van der Waals surface area contributed by atoms with Gasteiger partial charge in [-0.3, -0.25) is 10.1 Å². The van der Waals surface area contributed by atoms with Crippen LogP contribution in [0.1, 0.15) is 0 Å².